The van der Waals surface area contributed by atoms with Crippen molar-refractivity contribution in [1.82, 2.24) is 19.9 Å². The van der Waals surface area contributed by atoms with Gasteiger partial charge >= 0.3 is 0 Å². The topological polar surface area (TPSA) is 64.7 Å². The highest BCUT2D eigenvalue weighted by molar-refractivity contribution is 6.19. The zero-order valence-electron chi connectivity index (χ0n) is 28.5. The third kappa shape index (κ3) is 5.61. The average Bonchev–Trinajstić information content (AvgIpc) is 3.64. The predicted octanol–water partition coefficient (Wildman–Crippen LogP) is 12.3. The quantitative estimate of drug-likeness (QED) is 0.175. The first-order valence-corrected chi connectivity index (χ1v) is 17.6. The third-order valence-electron chi connectivity index (χ3n) is 9.73. The van der Waals surface area contributed by atoms with Crippen LogP contribution in [0.4, 0.5) is 0 Å². The smallest absolute Gasteiger partial charge is 0.164 e. The van der Waals surface area contributed by atoms with Gasteiger partial charge in [-0.3, -0.25) is 0 Å². The van der Waals surface area contributed by atoms with Gasteiger partial charge in [0.25, 0.3) is 0 Å². The minimum atomic E-state index is 0.634. The molecular formula is C48H30N4O. The van der Waals surface area contributed by atoms with Crippen LogP contribution in [0.25, 0.3) is 101 Å². The van der Waals surface area contributed by atoms with Crippen LogP contribution >= 0.6 is 0 Å². The number of rotatable bonds is 6. The van der Waals surface area contributed by atoms with Crippen LogP contribution in [-0.2, 0) is 0 Å². The first kappa shape index (κ1) is 30.6. The van der Waals surface area contributed by atoms with E-state index >= 15 is 0 Å². The number of furan rings is 1. The van der Waals surface area contributed by atoms with Crippen molar-refractivity contribution in [2.24, 2.45) is 0 Å². The molecule has 10 aromatic rings. The van der Waals surface area contributed by atoms with Crippen molar-refractivity contribution in [1.29, 1.82) is 0 Å². The van der Waals surface area contributed by atoms with Crippen LogP contribution in [0.2, 0.25) is 0 Å². The maximum absolute atomic E-state index is 6.50. The van der Waals surface area contributed by atoms with Crippen molar-refractivity contribution in [2.45, 2.75) is 0 Å². The maximum atomic E-state index is 6.50. The van der Waals surface area contributed by atoms with Gasteiger partial charge in [0.2, 0.25) is 0 Å². The van der Waals surface area contributed by atoms with Crippen LogP contribution in [0.5, 0.6) is 0 Å². The molecule has 0 N–H and O–H groups in total. The zero-order valence-corrected chi connectivity index (χ0v) is 28.5. The molecule has 7 aromatic carbocycles. The normalized spacial score (nSPS) is 11.4. The van der Waals surface area contributed by atoms with Gasteiger partial charge < -0.3 is 4.42 Å². The monoisotopic (exact) mass is 678 g/mol. The van der Waals surface area contributed by atoms with Gasteiger partial charge in [0.05, 0.1) is 16.6 Å². The molecular weight excluding hydrogens is 649 g/mol. The largest absolute Gasteiger partial charge is 0.455 e. The number of hydrogen-bond acceptors (Lipinski definition) is 5. The van der Waals surface area contributed by atoms with E-state index in [0.29, 0.717) is 17.5 Å². The van der Waals surface area contributed by atoms with E-state index in [0.717, 1.165) is 83.0 Å². The summed E-state index contributed by atoms with van der Waals surface area (Å²) in [5.74, 6) is 1.93. The van der Waals surface area contributed by atoms with E-state index < -0.39 is 0 Å². The summed E-state index contributed by atoms with van der Waals surface area (Å²) in [5, 5.41) is 3.11. The fourth-order valence-corrected chi connectivity index (χ4v) is 7.07. The number of nitrogens with zero attached hydrogens (tertiary/aromatic N) is 4. The molecule has 5 nitrogen and oxygen atoms in total. The molecule has 0 aliphatic carbocycles. The number of hydrogen-bond donors (Lipinski definition) is 0. The maximum Gasteiger partial charge on any atom is 0.164 e. The van der Waals surface area contributed by atoms with E-state index in [9.17, 15) is 0 Å². The Morgan fingerprint density at radius 3 is 1.43 bits per heavy atom. The molecule has 10 rings (SSSR count). The first-order chi connectivity index (χ1) is 26.2. The Kier molecular flexibility index (Phi) is 7.40. The standard InChI is InChI=1S/C48H30N4O/c1-4-13-32(14-5-1)44-43-40-21-10-11-22-42(40)53-45(43)39-28-27-38(30-41(39)49-44)37-20-12-19-36(29-37)31-23-25-35(26-24-31)48-51-46(33-15-6-2-7-16-33)50-47(52-48)34-17-8-3-9-18-34/h1-30H. The van der Waals surface area contributed by atoms with E-state index in [-0.39, 0.29) is 0 Å². The van der Waals surface area contributed by atoms with Gasteiger partial charge in [0.1, 0.15) is 11.2 Å². The number of fused-ring (bicyclic) bond motifs is 5. The van der Waals surface area contributed by atoms with E-state index in [1.807, 2.05) is 78.9 Å². The van der Waals surface area contributed by atoms with Gasteiger partial charge in [-0.15, -0.1) is 0 Å². The fourth-order valence-electron chi connectivity index (χ4n) is 7.07. The van der Waals surface area contributed by atoms with Gasteiger partial charge in [0.15, 0.2) is 17.5 Å². The highest BCUT2D eigenvalue weighted by Gasteiger charge is 2.18. The molecule has 0 aliphatic rings. The average molecular weight is 679 g/mol. The summed E-state index contributed by atoms with van der Waals surface area (Å²) < 4.78 is 6.50. The van der Waals surface area contributed by atoms with E-state index in [4.69, 9.17) is 24.4 Å². The molecule has 0 radical (unpaired) electrons. The van der Waals surface area contributed by atoms with Crippen molar-refractivity contribution in [3.05, 3.63) is 182 Å². The van der Waals surface area contributed by atoms with Crippen LogP contribution in [0.3, 0.4) is 0 Å². The predicted molar refractivity (Wildman–Crippen MR) is 215 cm³/mol. The molecule has 0 spiro atoms. The summed E-state index contributed by atoms with van der Waals surface area (Å²) in [4.78, 5) is 19.9. The van der Waals surface area contributed by atoms with Crippen molar-refractivity contribution < 1.29 is 4.42 Å². The lowest BCUT2D eigenvalue weighted by atomic mass is 9.96. The van der Waals surface area contributed by atoms with E-state index in [2.05, 4.69) is 103 Å². The number of para-hydroxylation sites is 1. The van der Waals surface area contributed by atoms with Gasteiger partial charge in [-0.2, -0.15) is 0 Å². The molecule has 0 bridgehead atoms. The Labute approximate surface area is 305 Å². The second kappa shape index (κ2) is 12.8. The summed E-state index contributed by atoms with van der Waals surface area (Å²) in [5.41, 5.74) is 11.8. The number of pyridine rings is 1. The Morgan fingerprint density at radius 2 is 0.792 bits per heavy atom. The van der Waals surface area contributed by atoms with Crippen LogP contribution in [0.15, 0.2) is 186 Å². The highest BCUT2D eigenvalue weighted by Crippen LogP contribution is 2.40. The molecule has 0 fully saturated rings. The molecule has 248 valence electrons. The summed E-state index contributed by atoms with van der Waals surface area (Å²) in [6.45, 7) is 0. The van der Waals surface area contributed by atoms with Gasteiger partial charge in [-0.25, -0.2) is 19.9 Å². The van der Waals surface area contributed by atoms with Crippen LogP contribution in [0.1, 0.15) is 0 Å². The number of aromatic nitrogens is 4. The molecule has 0 saturated carbocycles. The molecule has 53 heavy (non-hydrogen) atoms. The molecule has 0 amide bonds. The van der Waals surface area contributed by atoms with E-state index in [1.54, 1.807) is 0 Å². The highest BCUT2D eigenvalue weighted by atomic mass is 16.3. The second-order valence-electron chi connectivity index (χ2n) is 13.1. The lowest BCUT2D eigenvalue weighted by Crippen LogP contribution is -2.00. The number of benzene rings is 7. The Hall–Kier alpha value is -7.24. The third-order valence-corrected chi connectivity index (χ3v) is 9.73. The first-order valence-electron chi connectivity index (χ1n) is 17.6. The van der Waals surface area contributed by atoms with Crippen LogP contribution in [0, 0.1) is 0 Å². The molecule has 3 aromatic heterocycles. The second-order valence-corrected chi connectivity index (χ2v) is 13.1. The van der Waals surface area contributed by atoms with Gasteiger partial charge in [0, 0.05) is 33.0 Å². The van der Waals surface area contributed by atoms with Crippen LogP contribution in [-0.4, -0.2) is 19.9 Å². The molecule has 0 saturated heterocycles. The Morgan fingerprint density at radius 1 is 0.321 bits per heavy atom. The molecule has 0 aliphatic heterocycles. The Bertz CT molecular complexity index is 2860. The summed E-state index contributed by atoms with van der Waals surface area (Å²) in [6.07, 6.45) is 0. The molecule has 5 heteroatoms. The molecule has 3 heterocycles. The molecule has 0 atom stereocenters. The fraction of sp³-hybridized carbons (Fsp3) is 0. The van der Waals surface area contributed by atoms with Gasteiger partial charge in [-0.1, -0.05) is 158 Å². The van der Waals surface area contributed by atoms with E-state index in [1.165, 1.54) is 0 Å². The summed E-state index contributed by atoms with van der Waals surface area (Å²) >= 11 is 0. The minimum absolute atomic E-state index is 0.634. The van der Waals surface area contributed by atoms with Crippen molar-refractivity contribution in [2.75, 3.05) is 0 Å². The summed E-state index contributed by atoms with van der Waals surface area (Å²) in [7, 11) is 0. The van der Waals surface area contributed by atoms with Crippen molar-refractivity contribution in [3.8, 4) is 67.7 Å². The Balaban J connectivity index is 1.02. The van der Waals surface area contributed by atoms with Crippen molar-refractivity contribution >= 4 is 32.8 Å². The summed E-state index contributed by atoms with van der Waals surface area (Å²) in [6, 6.07) is 62.2. The van der Waals surface area contributed by atoms with Crippen LogP contribution < -0.4 is 0 Å². The minimum Gasteiger partial charge on any atom is -0.455 e. The SMILES string of the molecule is c1ccc(-c2nc(-c3ccccc3)nc(-c3ccc(-c4cccc(-c5ccc6c(c5)nc(-c5ccccc5)c5c7ccccc7oc65)c4)cc3)n2)cc1. The molecule has 0 unspecified atom stereocenters. The van der Waals surface area contributed by atoms with Gasteiger partial charge in [-0.05, 0) is 46.5 Å². The zero-order chi connectivity index (χ0) is 35.1. The lowest BCUT2D eigenvalue weighted by molar-refractivity contribution is 0.672. The van der Waals surface area contributed by atoms with Crippen molar-refractivity contribution in [3.63, 3.8) is 0 Å². The lowest BCUT2D eigenvalue weighted by Gasteiger charge is -2.11.